The molecule has 1 heterocycles. The van der Waals surface area contributed by atoms with Gasteiger partial charge < -0.3 is 10.2 Å². The van der Waals surface area contributed by atoms with Gasteiger partial charge in [-0.05, 0) is 56.7 Å². The molecular formula is C22H30N4OS. The standard InChI is InChI=1S/C22H30N4OS/c1-5-12-26(4)20-15(2)16(3)24-22(25-20)28-14-18-8-10-19(11-9-18)21(27)23-13-17-6-7-17/h8-11,17H,5-7,12-14H2,1-4H3,(H,23,27). The molecule has 1 aromatic heterocycles. The molecule has 1 fully saturated rings. The van der Waals surface area contributed by atoms with Crippen molar-refractivity contribution in [2.75, 3.05) is 25.0 Å². The summed E-state index contributed by atoms with van der Waals surface area (Å²) in [6.07, 6.45) is 3.57. The lowest BCUT2D eigenvalue weighted by molar-refractivity contribution is 0.0952. The maximum atomic E-state index is 12.2. The van der Waals surface area contributed by atoms with Gasteiger partial charge in [-0.3, -0.25) is 4.79 Å². The summed E-state index contributed by atoms with van der Waals surface area (Å²) < 4.78 is 0. The van der Waals surface area contributed by atoms with Crippen LogP contribution in [0.3, 0.4) is 0 Å². The minimum Gasteiger partial charge on any atom is -0.359 e. The lowest BCUT2D eigenvalue weighted by atomic mass is 10.1. The summed E-state index contributed by atoms with van der Waals surface area (Å²) in [6, 6.07) is 7.84. The van der Waals surface area contributed by atoms with Crippen molar-refractivity contribution in [3.05, 3.63) is 46.6 Å². The second kappa shape index (κ2) is 9.41. The number of nitrogens with one attached hydrogen (secondary N) is 1. The Kier molecular flexibility index (Phi) is 6.94. The van der Waals surface area contributed by atoms with E-state index in [2.05, 4.69) is 36.1 Å². The third kappa shape index (κ3) is 5.47. The molecule has 1 N–H and O–H groups in total. The van der Waals surface area contributed by atoms with Crippen molar-refractivity contribution in [1.82, 2.24) is 15.3 Å². The van der Waals surface area contributed by atoms with Gasteiger partial charge >= 0.3 is 0 Å². The Morgan fingerprint density at radius 1 is 1.21 bits per heavy atom. The second-order valence-electron chi connectivity index (χ2n) is 7.60. The van der Waals surface area contributed by atoms with E-state index < -0.39 is 0 Å². The van der Waals surface area contributed by atoms with Crippen LogP contribution in [0.2, 0.25) is 0 Å². The first-order valence-corrected chi connectivity index (χ1v) is 11.0. The third-order valence-electron chi connectivity index (χ3n) is 5.10. The zero-order valence-electron chi connectivity index (χ0n) is 17.3. The van der Waals surface area contributed by atoms with Gasteiger partial charge in [0.2, 0.25) is 0 Å². The van der Waals surface area contributed by atoms with Crippen LogP contribution in [0.25, 0.3) is 0 Å². The number of anilines is 1. The van der Waals surface area contributed by atoms with Gasteiger partial charge in [-0.15, -0.1) is 0 Å². The average Bonchev–Trinajstić information content (AvgIpc) is 3.52. The summed E-state index contributed by atoms with van der Waals surface area (Å²) >= 11 is 1.63. The molecule has 0 saturated heterocycles. The Bertz CT molecular complexity index is 818. The molecule has 1 aliphatic carbocycles. The number of rotatable bonds is 9. The minimum atomic E-state index is 0.0206. The molecule has 1 aliphatic rings. The highest BCUT2D eigenvalue weighted by atomic mass is 32.2. The van der Waals surface area contributed by atoms with Crippen molar-refractivity contribution in [2.24, 2.45) is 5.92 Å². The highest BCUT2D eigenvalue weighted by Gasteiger charge is 2.21. The van der Waals surface area contributed by atoms with Crippen LogP contribution in [0.5, 0.6) is 0 Å². The van der Waals surface area contributed by atoms with Gasteiger partial charge in [0.15, 0.2) is 5.16 Å². The van der Waals surface area contributed by atoms with E-state index >= 15 is 0 Å². The van der Waals surface area contributed by atoms with E-state index in [1.165, 1.54) is 12.8 Å². The molecule has 6 heteroatoms. The lowest BCUT2D eigenvalue weighted by Gasteiger charge is -2.20. The minimum absolute atomic E-state index is 0.0206. The first-order valence-electron chi connectivity index (χ1n) is 10.0. The van der Waals surface area contributed by atoms with Gasteiger partial charge in [0.1, 0.15) is 5.82 Å². The van der Waals surface area contributed by atoms with Crippen LogP contribution in [0, 0.1) is 19.8 Å². The van der Waals surface area contributed by atoms with E-state index in [1.54, 1.807) is 11.8 Å². The van der Waals surface area contributed by atoms with Crippen molar-refractivity contribution in [1.29, 1.82) is 0 Å². The zero-order chi connectivity index (χ0) is 20.1. The smallest absolute Gasteiger partial charge is 0.251 e. The molecule has 0 bridgehead atoms. The Morgan fingerprint density at radius 2 is 1.93 bits per heavy atom. The maximum Gasteiger partial charge on any atom is 0.251 e. The van der Waals surface area contributed by atoms with Crippen molar-refractivity contribution in [3.63, 3.8) is 0 Å². The van der Waals surface area contributed by atoms with E-state index in [0.717, 1.165) is 58.6 Å². The van der Waals surface area contributed by atoms with E-state index in [4.69, 9.17) is 4.98 Å². The molecule has 1 amide bonds. The molecule has 2 aromatic rings. The normalized spacial score (nSPS) is 13.4. The molecule has 0 aliphatic heterocycles. The molecule has 1 saturated carbocycles. The fraction of sp³-hybridized carbons (Fsp3) is 0.500. The van der Waals surface area contributed by atoms with Gasteiger partial charge in [-0.25, -0.2) is 9.97 Å². The number of aryl methyl sites for hydroxylation is 1. The summed E-state index contributed by atoms with van der Waals surface area (Å²) in [5.41, 5.74) is 4.05. The monoisotopic (exact) mass is 398 g/mol. The fourth-order valence-corrected chi connectivity index (χ4v) is 3.87. The molecule has 0 atom stereocenters. The third-order valence-corrected chi connectivity index (χ3v) is 6.01. The van der Waals surface area contributed by atoms with E-state index in [9.17, 15) is 4.79 Å². The molecule has 3 rings (SSSR count). The number of benzene rings is 1. The molecular weight excluding hydrogens is 368 g/mol. The van der Waals surface area contributed by atoms with Crippen molar-refractivity contribution in [3.8, 4) is 0 Å². The molecule has 0 spiro atoms. The Balaban J connectivity index is 1.61. The van der Waals surface area contributed by atoms with Gasteiger partial charge in [0.25, 0.3) is 5.91 Å². The highest BCUT2D eigenvalue weighted by molar-refractivity contribution is 7.98. The topological polar surface area (TPSA) is 58.1 Å². The summed E-state index contributed by atoms with van der Waals surface area (Å²) in [4.78, 5) is 23.8. The van der Waals surface area contributed by atoms with E-state index in [-0.39, 0.29) is 5.91 Å². The second-order valence-corrected chi connectivity index (χ2v) is 8.54. The van der Waals surface area contributed by atoms with Crippen LogP contribution in [-0.4, -0.2) is 36.0 Å². The summed E-state index contributed by atoms with van der Waals surface area (Å²) in [5, 5.41) is 3.81. The van der Waals surface area contributed by atoms with Crippen LogP contribution in [0.15, 0.2) is 29.4 Å². The van der Waals surface area contributed by atoms with E-state index in [0.29, 0.717) is 5.92 Å². The quantitative estimate of drug-likeness (QED) is 0.502. The lowest BCUT2D eigenvalue weighted by Crippen LogP contribution is -2.25. The molecule has 28 heavy (non-hydrogen) atoms. The number of carbonyl (C=O) groups excluding carboxylic acids is 1. The summed E-state index contributed by atoms with van der Waals surface area (Å²) in [7, 11) is 2.08. The number of amides is 1. The number of aromatic nitrogens is 2. The Labute approximate surface area is 172 Å². The molecule has 5 nitrogen and oxygen atoms in total. The predicted molar refractivity (Wildman–Crippen MR) is 116 cm³/mol. The molecule has 150 valence electrons. The fourth-order valence-electron chi connectivity index (χ4n) is 3.03. The first kappa shape index (κ1) is 20.6. The van der Waals surface area contributed by atoms with Gasteiger partial charge in [0, 0.05) is 42.7 Å². The number of carbonyl (C=O) groups is 1. The molecule has 1 aromatic carbocycles. The Hall–Kier alpha value is -2.08. The summed E-state index contributed by atoms with van der Waals surface area (Å²) in [5.74, 6) is 2.51. The van der Waals surface area contributed by atoms with Crippen LogP contribution in [0.4, 0.5) is 5.82 Å². The van der Waals surface area contributed by atoms with Crippen molar-refractivity contribution in [2.45, 2.75) is 50.9 Å². The van der Waals surface area contributed by atoms with Crippen LogP contribution in [0.1, 0.15) is 53.4 Å². The summed E-state index contributed by atoms with van der Waals surface area (Å²) in [6.45, 7) is 8.07. The van der Waals surface area contributed by atoms with Crippen LogP contribution < -0.4 is 10.2 Å². The maximum absolute atomic E-state index is 12.2. The number of hydrogen-bond donors (Lipinski definition) is 1. The van der Waals surface area contributed by atoms with E-state index in [1.807, 2.05) is 31.2 Å². The largest absolute Gasteiger partial charge is 0.359 e. The first-order chi connectivity index (χ1) is 13.5. The molecule has 0 radical (unpaired) electrons. The van der Waals surface area contributed by atoms with Gasteiger partial charge in [-0.2, -0.15) is 0 Å². The van der Waals surface area contributed by atoms with Gasteiger partial charge in [-0.1, -0.05) is 30.8 Å². The van der Waals surface area contributed by atoms with Gasteiger partial charge in [0.05, 0.1) is 0 Å². The SMILES string of the molecule is CCCN(C)c1nc(SCc2ccc(C(=O)NCC3CC3)cc2)nc(C)c1C. The average molecular weight is 399 g/mol. The number of nitrogens with zero attached hydrogens (tertiary/aromatic N) is 3. The van der Waals surface area contributed by atoms with Crippen molar-refractivity contribution < 1.29 is 4.79 Å². The van der Waals surface area contributed by atoms with Crippen LogP contribution >= 0.6 is 11.8 Å². The number of hydrogen-bond acceptors (Lipinski definition) is 5. The zero-order valence-corrected chi connectivity index (χ0v) is 18.1. The highest BCUT2D eigenvalue weighted by Crippen LogP contribution is 2.28. The number of thioether (sulfide) groups is 1. The van der Waals surface area contributed by atoms with Crippen LogP contribution in [-0.2, 0) is 5.75 Å². The predicted octanol–water partition coefficient (Wildman–Crippen LogP) is 4.37. The Morgan fingerprint density at radius 3 is 2.57 bits per heavy atom. The molecule has 0 unspecified atom stereocenters. The van der Waals surface area contributed by atoms with Crippen molar-refractivity contribution >= 4 is 23.5 Å².